The number of halogens is 3. The Hall–Kier alpha value is -3.33. The molecule has 0 radical (unpaired) electrons. The number of ether oxygens (including phenoxy) is 1. The Kier molecular flexibility index (Phi) is 7.74. The van der Waals surface area contributed by atoms with E-state index in [0.29, 0.717) is 17.2 Å². The van der Waals surface area contributed by atoms with Gasteiger partial charge in [-0.3, -0.25) is 4.79 Å². The Balaban J connectivity index is 1.25. The summed E-state index contributed by atoms with van der Waals surface area (Å²) in [6, 6.07) is 23.0. The van der Waals surface area contributed by atoms with Crippen molar-refractivity contribution in [2.24, 2.45) is 5.10 Å². The summed E-state index contributed by atoms with van der Waals surface area (Å²) < 4.78 is 15.4. The number of hydrogen-bond donors (Lipinski definition) is 1. The van der Waals surface area contributed by atoms with Gasteiger partial charge in [-0.2, -0.15) is 5.10 Å². The number of carbonyl (C=O) groups excluding carboxylic acids is 1. The Bertz CT molecular complexity index is 1660. The number of nitrogens with one attached hydrogen (secondary N) is 1. The summed E-state index contributed by atoms with van der Waals surface area (Å²) in [7, 11) is 0. The van der Waals surface area contributed by atoms with Crippen LogP contribution in [0.2, 0.25) is 5.02 Å². The minimum atomic E-state index is -0.427. The second kappa shape index (κ2) is 11.2. The number of aryl methyl sites for hydroxylation is 1. The van der Waals surface area contributed by atoms with Crippen LogP contribution in [0.15, 0.2) is 91.3 Å². The van der Waals surface area contributed by atoms with E-state index in [1.54, 1.807) is 12.3 Å². The van der Waals surface area contributed by atoms with E-state index in [2.05, 4.69) is 47.0 Å². The average molecular weight is 656 g/mol. The number of furan rings is 1. The molecular formula is C29H22Br2ClN3O3. The highest BCUT2D eigenvalue weighted by Crippen LogP contribution is 2.31. The monoisotopic (exact) mass is 653 g/mol. The molecule has 0 atom stereocenters. The van der Waals surface area contributed by atoms with Gasteiger partial charge in [0.25, 0.3) is 0 Å². The quantitative estimate of drug-likeness (QED) is 0.142. The van der Waals surface area contributed by atoms with Crippen LogP contribution in [0.4, 0.5) is 0 Å². The lowest BCUT2D eigenvalue weighted by atomic mass is 10.2. The molecule has 0 saturated heterocycles. The van der Waals surface area contributed by atoms with Crippen LogP contribution in [0.5, 0.6) is 5.75 Å². The fourth-order valence-electron chi connectivity index (χ4n) is 4.16. The fourth-order valence-corrected chi connectivity index (χ4v) is 5.62. The summed E-state index contributed by atoms with van der Waals surface area (Å²) in [6.07, 6.45) is 1.63. The predicted molar refractivity (Wildman–Crippen MR) is 158 cm³/mol. The van der Waals surface area contributed by atoms with Gasteiger partial charge in [-0.05, 0) is 96.0 Å². The minimum Gasteiger partial charge on any atom is -0.489 e. The molecule has 3 aromatic carbocycles. The topological polar surface area (TPSA) is 68.8 Å². The summed E-state index contributed by atoms with van der Waals surface area (Å²) in [4.78, 5) is 12.6. The van der Waals surface area contributed by atoms with Crippen LogP contribution in [0, 0.1) is 13.8 Å². The van der Waals surface area contributed by atoms with Crippen LogP contribution < -0.4 is 10.2 Å². The second-order valence-corrected chi connectivity index (χ2v) is 10.9. The largest absolute Gasteiger partial charge is 0.489 e. The first-order valence-electron chi connectivity index (χ1n) is 11.7. The van der Waals surface area contributed by atoms with Crippen LogP contribution >= 0.6 is 43.5 Å². The van der Waals surface area contributed by atoms with E-state index < -0.39 is 5.91 Å². The van der Waals surface area contributed by atoms with Gasteiger partial charge in [0, 0.05) is 37.5 Å². The van der Waals surface area contributed by atoms with Crippen molar-refractivity contribution in [2.75, 3.05) is 0 Å². The third kappa shape index (κ3) is 5.72. The first kappa shape index (κ1) is 26.3. The van der Waals surface area contributed by atoms with Crippen molar-refractivity contribution in [1.29, 1.82) is 0 Å². The number of hydrogen-bond acceptors (Lipinski definition) is 4. The molecule has 5 aromatic rings. The smallest absolute Gasteiger partial charge is 0.307 e. The van der Waals surface area contributed by atoms with E-state index in [4.69, 9.17) is 20.8 Å². The van der Waals surface area contributed by atoms with Crippen molar-refractivity contribution in [2.45, 2.75) is 20.5 Å². The van der Waals surface area contributed by atoms with Gasteiger partial charge in [-0.1, -0.05) is 39.7 Å². The molecule has 0 aliphatic heterocycles. The third-order valence-electron chi connectivity index (χ3n) is 6.01. The standard InChI is InChI=1S/C29H22Br2ClN3O3/c1-17-11-21(15-33-34-29(36)27-13-20-12-22(30)14-26(31)28(20)38-27)18(2)35(17)24-7-9-25(10-8-24)37-16-19-3-5-23(32)6-4-19/h3-15H,16H2,1-2H3,(H,34,36)/b33-15-. The zero-order valence-corrected chi connectivity index (χ0v) is 24.4. The highest BCUT2D eigenvalue weighted by Gasteiger charge is 2.15. The molecule has 1 N–H and O–H groups in total. The summed E-state index contributed by atoms with van der Waals surface area (Å²) in [5.74, 6) is 0.531. The Labute approximate surface area is 241 Å². The lowest BCUT2D eigenvalue weighted by Crippen LogP contribution is -2.16. The molecule has 5 rings (SSSR count). The van der Waals surface area contributed by atoms with E-state index >= 15 is 0 Å². The molecule has 2 heterocycles. The molecule has 0 spiro atoms. The highest BCUT2D eigenvalue weighted by molar-refractivity contribution is 9.11. The third-order valence-corrected chi connectivity index (χ3v) is 7.31. The zero-order valence-electron chi connectivity index (χ0n) is 20.5. The summed E-state index contributed by atoms with van der Waals surface area (Å²) >= 11 is 12.8. The lowest BCUT2D eigenvalue weighted by Gasteiger charge is -2.11. The molecule has 0 saturated carbocycles. The average Bonchev–Trinajstić information content (AvgIpc) is 3.45. The SMILES string of the molecule is Cc1cc(/C=N\NC(=O)c2cc3cc(Br)cc(Br)c3o2)c(C)n1-c1ccc(OCc2ccc(Cl)cc2)cc1. The molecule has 0 aliphatic carbocycles. The van der Waals surface area contributed by atoms with Crippen molar-refractivity contribution >= 4 is 66.6 Å². The van der Waals surface area contributed by atoms with Crippen LogP contribution in [0.3, 0.4) is 0 Å². The van der Waals surface area contributed by atoms with Gasteiger partial charge in [0.2, 0.25) is 0 Å². The van der Waals surface area contributed by atoms with Gasteiger partial charge in [0.05, 0.1) is 10.7 Å². The molecular weight excluding hydrogens is 634 g/mol. The van der Waals surface area contributed by atoms with Gasteiger partial charge in [0.15, 0.2) is 5.76 Å². The summed E-state index contributed by atoms with van der Waals surface area (Å²) in [5.41, 5.74) is 8.13. The molecule has 192 valence electrons. The minimum absolute atomic E-state index is 0.180. The van der Waals surface area contributed by atoms with E-state index in [-0.39, 0.29) is 5.76 Å². The summed E-state index contributed by atoms with van der Waals surface area (Å²) in [6.45, 7) is 4.50. The number of nitrogens with zero attached hydrogens (tertiary/aromatic N) is 2. The van der Waals surface area contributed by atoms with Crippen LogP contribution in [0.25, 0.3) is 16.7 Å². The number of benzene rings is 3. The molecule has 2 aromatic heterocycles. The summed E-state index contributed by atoms with van der Waals surface area (Å²) in [5, 5.41) is 5.68. The molecule has 0 unspecified atom stereocenters. The van der Waals surface area contributed by atoms with Gasteiger partial charge in [-0.25, -0.2) is 5.43 Å². The lowest BCUT2D eigenvalue weighted by molar-refractivity contribution is 0.0929. The van der Waals surface area contributed by atoms with Crippen molar-refractivity contribution in [3.05, 3.63) is 115 Å². The number of aromatic nitrogens is 1. The molecule has 0 aliphatic rings. The fraction of sp³-hybridized carbons (Fsp3) is 0.103. The number of fused-ring (bicyclic) bond motifs is 1. The molecule has 0 fully saturated rings. The normalized spacial score (nSPS) is 11.4. The Morgan fingerprint density at radius 3 is 2.53 bits per heavy atom. The molecule has 9 heteroatoms. The van der Waals surface area contributed by atoms with E-state index in [1.807, 2.05) is 80.6 Å². The maximum absolute atomic E-state index is 12.6. The first-order chi connectivity index (χ1) is 18.3. The van der Waals surface area contributed by atoms with Gasteiger partial charge < -0.3 is 13.7 Å². The van der Waals surface area contributed by atoms with Crippen molar-refractivity contribution in [3.63, 3.8) is 0 Å². The van der Waals surface area contributed by atoms with Gasteiger partial charge in [0.1, 0.15) is 17.9 Å². The number of hydrazone groups is 1. The molecule has 6 nitrogen and oxygen atoms in total. The van der Waals surface area contributed by atoms with Gasteiger partial charge in [-0.15, -0.1) is 0 Å². The van der Waals surface area contributed by atoms with E-state index in [1.165, 1.54) is 0 Å². The van der Waals surface area contributed by atoms with Crippen molar-refractivity contribution < 1.29 is 13.9 Å². The molecule has 0 bridgehead atoms. The maximum Gasteiger partial charge on any atom is 0.307 e. The first-order valence-corrected chi connectivity index (χ1v) is 13.6. The predicted octanol–water partition coefficient (Wildman–Crippen LogP) is 8.36. The Morgan fingerprint density at radius 2 is 1.79 bits per heavy atom. The number of carbonyl (C=O) groups is 1. The van der Waals surface area contributed by atoms with Crippen LogP contribution in [-0.2, 0) is 6.61 Å². The van der Waals surface area contributed by atoms with Crippen molar-refractivity contribution in [3.8, 4) is 11.4 Å². The van der Waals surface area contributed by atoms with Crippen LogP contribution in [-0.4, -0.2) is 16.7 Å². The molecule has 1 amide bonds. The molecule has 38 heavy (non-hydrogen) atoms. The van der Waals surface area contributed by atoms with Gasteiger partial charge >= 0.3 is 5.91 Å². The van der Waals surface area contributed by atoms with Crippen LogP contribution in [0.1, 0.15) is 33.1 Å². The number of amides is 1. The second-order valence-electron chi connectivity index (χ2n) is 8.69. The highest BCUT2D eigenvalue weighted by atomic mass is 79.9. The number of rotatable bonds is 7. The van der Waals surface area contributed by atoms with E-state index in [0.717, 1.165) is 48.3 Å². The maximum atomic E-state index is 12.6. The van der Waals surface area contributed by atoms with E-state index in [9.17, 15) is 4.79 Å². The Morgan fingerprint density at radius 1 is 1.05 bits per heavy atom. The zero-order chi connectivity index (χ0) is 26.8. The van der Waals surface area contributed by atoms with Crippen molar-refractivity contribution in [1.82, 2.24) is 9.99 Å².